The van der Waals surface area contributed by atoms with Gasteiger partial charge < -0.3 is 5.32 Å². The Hall–Kier alpha value is -4.25. The Morgan fingerprint density at radius 3 is 2.42 bits per heavy atom. The highest BCUT2D eigenvalue weighted by Gasteiger charge is 2.17. The lowest BCUT2D eigenvalue weighted by Gasteiger charge is -2.12. The Labute approximate surface area is 211 Å². The highest BCUT2D eigenvalue weighted by Crippen LogP contribution is 2.28. The summed E-state index contributed by atoms with van der Waals surface area (Å²) in [5.74, 6) is 0.359. The molecular formula is C31H30N4O. The topological polar surface area (TPSA) is 59.8 Å². The monoisotopic (exact) mass is 474 g/mol. The average molecular weight is 475 g/mol. The fourth-order valence-corrected chi connectivity index (χ4v) is 4.50. The van der Waals surface area contributed by atoms with Gasteiger partial charge in [0.1, 0.15) is 0 Å². The van der Waals surface area contributed by atoms with Gasteiger partial charge >= 0.3 is 0 Å². The molecule has 0 saturated carbocycles. The molecule has 5 heteroatoms. The molecule has 5 rings (SSSR count). The van der Waals surface area contributed by atoms with Crippen molar-refractivity contribution < 1.29 is 4.79 Å². The van der Waals surface area contributed by atoms with Crippen molar-refractivity contribution in [2.75, 3.05) is 0 Å². The minimum Gasteiger partial charge on any atom is -0.348 e. The first-order valence-electron chi connectivity index (χ1n) is 12.3. The quantitative estimate of drug-likeness (QED) is 0.296. The summed E-state index contributed by atoms with van der Waals surface area (Å²) in [5, 5.41) is 8.58. The number of aryl methyl sites for hydroxylation is 1. The zero-order valence-electron chi connectivity index (χ0n) is 21.1. The predicted molar refractivity (Wildman–Crippen MR) is 145 cm³/mol. The predicted octanol–water partition coefficient (Wildman–Crippen LogP) is 6.76. The molecule has 36 heavy (non-hydrogen) atoms. The minimum atomic E-state index is -0.118. The summed E-state index contributed by atoms with van der Waals surface area (Å²) in [5.41, 5.74) is 8.55. The fourth-order valence-electron chi connectivity index (χ4n) is 4.50. The smallest absolute Gasteiger partial charge is 0.252 e. The maximum atomic E-state index is 13.4. The number of aromatic nitrogens is 3. The Bertz CT molecular complexity index is 1550. The number of benzene rings is 3. The molecule has 1 amide bonds. The highest BCUT2D eigenvalue weighted by molar-refractivity contribution is 6.07. The molecule has 2 heterocycles. The molecule has 0 aliphatic heterocycles. The molecule has 0 unspecified atom stereocenters. The number of nitrogens with one attached hydrogen (secondary N) is 1. The van der Waals surface area contributed by atoms with Crippen molar-refractivity contribution in [3.05, 3.63) is 113 Å². The van der Waals surface area contributed by atoms with Crippen LogP contribution in [0.3, 0.4) is 0 Å². The Morgan fingerprint density at radius 2 is 1.67 bits per heavy atom. The number of carbonyl (C=O) groups excluding carboxylic acids is 1. The second-order valence-corrected chi connectivity index (χ2v) is 9.48. The number of rotatable bonds is 6. The number of pyridine rings is 1. The number of nitrogens with zero attached hydrogens (tertiary/aromatic N) is 3. The number of fused-ring (bicyclic) bond motifs is 1. The van der Waals surface area contributed by atoms with Crippen molar-refractivity contribution in [2.24, 2.45) is 0 Å². The first kappa shape index (κ1) is 23.5. The first-order valence-corrected chi connectivity index (χ1v) is 12.3. The first-order chi connectivity index (χ1) is 17.4. The van der Waals surface area contributed by atoms with Crippen molar-refractivity contribution in [1.29, 1.82) is 0 Å². The molecule has 0 bridgehead atoms. The van der Waals surface area contributed by atoms with Gasteiger partial charge in [-0.25, -0.2) is 9.67 Å². The SMILES string of the molecule is Cc1ccccc1CNC(=O)c1cc(-c2cnn(-c3ccc(C(C)C)cc3)c2C)nc2ccccc12. The van der Waals surface area contributed by atoms with Gasteiger partial charge in [0.2, 0.25) is 0 Å². The van der Waals surface area contributed by atoms with Crippen LogP contribution in [0.1, 0.15) is 52.5 Å². The number of para-hydroxylation sites is 1. The van der Waals surface area contributed by atoms with E-state index in [1.807, 2.05) is 66.3 Å². The van der Waals surface area contributed by atoms with Crippen LogP contribution in [0.15, 0.2) is 85.1 Å². The van der Waals surface area contributed by atoms with E-state index in [2.05, 4.69) is 61.5 Å². The van der Waals surface area contributed by atoms with Gasteiger partial charge in [-0.15, -0.1) is 0 Å². The molecule has 0 radical (unpaired) electrons. The minimum absolute atomic E-state index is 0.118. The van der Waals surface area contributed by atoms with Crippen molar-refractivity contribution in [3.8, 4) is 16.9 Å². The molecule has 2 aromatic heterocycles. The zero-order chi connectivity index (χ0) is 25.2. The summed E-state index contributed by atoms with van der Waals surface area (Å²) >= 11 is 0. The number of amides is 1. The molecule has 3 aromatic carbocycles. The fraction of sp³-hybridized carbons (Fsp3) is 0.194. The molecule has 5 nitrogen and oxygen atoms in total. The van der Waals surface area contributed by atoms with Crippen LogP contribution < -0.4 is 5.32 Å². The molecule has 0 saturated heterocycles. The van der Waals surface area contributed by atoms with Crippen LogP contribution in [-0.4, -0.2) is 20.7 Å². The van der Waals surface area contributed by atoms with E-state index < -0.39 is 0 Å². The van der Waals surface area contributed by atoms with Crippen molar-refractivity contribution in [3.63, 3.8) is 0 Å². The third-order valence-electron chi connectivity index (χ3n) is 6.75. The summed E-state index contributed by atoms with van der Waals surface area (Å²) in [4.78, 5) is 18.3. The third kappa shape index (κ3) is 4.52. The summed E-state index contributed by atoms with van der Waals surface area (Å²) in [7, 11) is 0. The Morgan fingerprint density at radius 1 is 0.944 bits per heavy atom. The van der Waals surface area contributed by atoms with Crippen molar-refractivity contribution in [1.82, 2.24) is 20.1 Å². The lowest BCUT2D eigenvalue weighted by Crippen LogP contribution is -2.23. The largest absolute Gasteiger partial charge is 0.348 e. The molecule has 0 aliphatic rings. The standard InChI is InChI=1S/C31H30N4O/c1-20(2)23-13-15-25(16-14-23)35-22(4)28(19-33-35)30-17-27(26-11-7-8-12-29(26)34-30)31(36)32-18-24-10-6-5-9-21(24)3/h5-17,19-20H,18H2,1-4H3,(H,32,36). The van der Waals surface area contributed by atoms with Crippen molar-refractivity contribution >= 4 is 16.8 Å². The van der Waals surface area contributed by atoms with Crippen LogP contribution in [-0.2, 0) is 6.54 Å². The van der Waals surface area contributed by atoms with Gasteiger partial charge in [0.05, 0.1) is 34.4 Å². The summed E-state index contributed by atoms with van der Waals surface area (Å²) in [6.07, 6.45) is 1.83. The molecule has 180 valence electrons. The maximum absolute atomic E-state index is 13.4. The van der Waals surface area contributed by atoms with Crippen molar-refractivity contribution in [2.45, 2.75) is 40.2 Å². The van der Waals surface area contributed by atoms with Crippen LogP contribution >= 0.6 is 0 Å². The van der Waals surface area contributed by atoms with Gasteiger partial charge in [-0.3, -0.25) is 4.79 Å². The molecule has 5 aromatic rings. The maximum Gasteiger partial charge on any atom is 0.252 e. The molecule has 1 N–H and O–H groups in total. The van der Waals surface area contributed by atoms with Gasteiger partial charge in [-0.2, -0.15) is 5.10 Å². The van der Waals surface area contributed by atoms with Crippen LogP contribution in [0, 0.1) is 13.8 Å². The molecule has 0 fully saturated rings. The Kier molecular flexibility index (Phi) is 6.38. The second-order valence-electron chi connectivity index (χ2n) is 9.48. The van der Waals surface area contributed by atoms with E-state index in [1.165, 1.54) is 5.56 Å². The van der Waals surface area contributed by atoms with Crippen LogP contribution in [0.2, 0.25) is 0 Å². The van der Waals surface area contributed by atoms with Crippen LogP contribution in [0.25, 0.3) is 27.8 Å². The van der Waals surface area contributed by atoms with Gasteiger partial charge in [-0.05, 0) is 60.7 Å². The van der Waals surface area contributed by atoms with E-state index in [1.54, 1.807) is 0 Å². The summed E-state index contributed by atoms with van der Waals surface area (Å²) in [6.45, 7) is 8.94. The van der Waals surface area contributed by atoms with E-state index >= 15 is 0 Å². The lowest BCUT2D eigenvalue weighted by atomic mass is 10.0. The molecule has 0 atom stereocenters. The summed E-state index contributed by atoms with van der Waals surface area (Å²) in [6, 6.07) is 26.2. The van der Waals surface area contributed by atoms with E-state index in [0.29, 0.717) is 18.0 Å². The normalized spacial score (nSPS) is 11.2. The molecule has 0 spiro atoms. The van der Waals surface area contributed by atoms with Gasteiger partial charge in [-0.1, -0.05) is 68.4 Å². The average Bonchev–Trinajstić information content (AvgIpc) is 3.28. The van der Waals surface area contributed by atoms with Crippen LogP contribution in [0.5, 0.6) is 0 Å². The van der Waals surface area contributed by atoms with E-state index in [4.69, 9.17) is 4.98 Å². The van der Waals surface area contributed by atoms with E-state index in [-0.39, 0.29) is 5.91 Å². The van der Waals surface area contributed by atoms with Crippen LogP contribution in [0.4, 0.5) is 0 Å². The Balaban J connectivity index is 1.51. The highest BCUT2D eigenvalue weighted by atomic mass is 16.1. The number of hydrogen-bond acceptors (Lipinski definition) is 3. The second kappa shape index (κ2) is 9.78. The van der Waals surface area contributed by atoms with Gasteiger partial charge in [0.15, 0.2) is 0 Å². The zero-order valence-corrected chi connectivity index (χ0v) is 21.1. The van der Waals surface area contributed by atoms with Gasteiger partial charge in [0.25, 0.3) is 5.91 Å². The third-order valence-corrected chi connectivity index (χ3v) is 6.75. The van der Waals surface area contributed by atoms with E-state index in [9.17, 15) is 4.79 Å². The lowest BCUT2D eigenvalue weighted by molar-refractivity contribution is 0.0952. The van der Waals surface area contributed by atoms with Gasteiger partial charge in [0, 0.05) is 17.5 Å². The van der Waals surface area contributed by atoms with E-state index in [0.717, 1.165) is 44.7 Å². The number of hydrogen-bond donors (Lipinski definition) is 1. The molecular weight excluding hydrogens is 444 g/mol. The molecule has 0 aliphatic carbocycles. The summed E-state index contributed by atoms with van der Waals surface area (Å²) < 4.78 is 1.92. The number of carbonyl (C=O) groups is 1.